The summed E-state index contributed by atoms with van der Waals surface area (Å²) in [6.45, 7) is 12.7. The highest BCUT2D eigenvalue weighted by Gasteiger charge is 2.22. The number of thiophene rings is 1. The Kier molecular flexibility index (Phi) is 6.37. The van der Waals surface area contributed by atoms with Crippen molar-refractivity contribution in [3.8, 4) is 0 Å². The molecule has 0 radical (unpaired) electrons. The predicted molar refractivity (Wildman–Crippen MR) is 83.6 cm³/mol. The summed E-state index contributed by atoms with van der Waals surface area (Å²) in [5.41, 5.74) is 0.385. The fraction of sp³-hybridized carbons (Fsp3) is 0.750. The molecule has 1 nitrogen and oxygen atoms in total. The van der Waals surface area contributed by atoms with Gasteiger partial charge < -0.3 is 5.32 Å². The fourth-order valence-corrected chi connectivity index (χ4v) is 3.76. The van der Waals surface area contributed by atoms with Crippen LogP contribution < -0.4 is 5.32 Å². The number of nitrogens with one attached hydrogen (secondary N) is 1. The van der Waals surface area contributed by atoms with Crippen LogP contribution in [0.25, 0.3) is 0 Å². The Balaban J connectivity index is 2.47. The van der Waals surface area contributed by atoms with Crippen LogP contribution in [0, 0.1) is 5.41 Å². The third-order valence-electron chi connectivity index (χ3n) is 3.32. The third-order valence-corrected chi connectivity index (χ3v) is 4.55. The molecule has 1 heterocycles. The van der Waals surface area contributed by atoms with Crippen LogP contribution in [0.15, 0.2) is 12.1 Å². The fourth-order valence-electron chi connectivity index (χ4n) is 2.54. The minimum atomic E-state index is 0.385. The molecule has 0 aliphatic carbocycles. The summed E-state index contributed by atoms with van der Waals surface area (Å²) in [7, 11) is 0. The Bertz CT molecular complexity index is 341. The zero-order chi connectivity index (χ0) is 13.6. The average Bonchev–Trinajstić information content (AvgIpc) is 2.72. The van der Waals surface area contributed by atoms with E-state index >= 15 is 0 Å². The minimum absolute atomic E-state index is 0.385. The third kappa shape index (κ3) is 5.53. The van der Waals surface area contributed by atoms with E-state index in [0.29, 0.717) is 11.5 Å². The van der Waals surface area contributed by atoms with Gasteiger partial charge in [-0.15, -0.1) is 11.3 Å². The van der Waals surface area contributed by atoms with Gasteiger partial charge in [0.15, 0.2) is 0 Å². The smallest absolute Gasteiger partial charge is 0.00534 e. The van der Waals surface area contributed by atoms with Crippen molar-refractivity contribution in [2.75, 3.05) is 6.54 Å². The van der Waals surface area contributed by atoms with Gasteiger partial charge in [-0.05, 0) is 56.7 Å². The Morgan fingerprint density at radius 1 is 1.22 bits per heavy atom. The van der Waals surface area contributed by atoms with E-state index in [1.54, 1.807) is 4.88 Å². The van der Waals surface area contributed by atoms with Crippen molar-refractivity contribution in [2.24, 2.45) is 5.41 Å². The lowest BCUT2D eigenvalue weighted by molar-refractivity contribution is 0.289. The second-order valence-electron chi connectivity index (χ2n) is 6.12. The first-order chi connectivity index (χ1) is 8.46. The molecule has 1 unspecified atom stereocenters. The van der Waals surface area contributed by atoms with E-state index in [-0.39, 0.29) is 0 Å². The van der Waals surface area contributed by atoms with Gasteiger partial charge >= 0.3 is 0 Å². The van der Waals surface area contributed by atoms with E-state index in [0.717, 1.165) is 6.54 Å². The highest BCUT2D eigenvalue weighted by Crippen LogP contribution is 2.30. The number of rotatable bonds is 8. The molecule has 1 aromatic heterocycles. The van der Waals surface area contributed by atoms with Crippen molar-refractivity contribution >= 4 is 11.3 Å². The maximum atomic E-state index is 3.59. The highest BCUT2D eigenvalue weighted by atomic mass is 32.1. The molecule has 0 aromatic carbocycles. The van der Waals surface area contributed by atoms with E-state index < -0.39 is 0 Å². The molecule has 104 valence electrons. The molecule has 1 aromatic rings. The van der Waals surface area contributed by atoms with Crippen molar-refractivity contribution in [1.82, 2.24) is 5.32 Å². The van der Waals surface area contributed by atoms with Gasteiger partial charge in [-0.1, -0.05) is 27.7 Å². The van der Waals surface area contributed by atoms with E-state index in [1.165, 1.54) is 30.6 Å². The molecule has 0 amide bonds. The quantitative estimate of drug-likeness (QED) is 0.722. The summed E-state index contributed by atoms with van der Waals surface area (Å²) in [4.78, 5) is 3.05. The summed E-state index contributed by atoms with van der Waals surface area (Å²) in [6, 6.07) is 5.22. The maximum absolute atomic E-state index is 3.59. The van der Waals surface area contributed by atoms with Gasteiger partial charge in [0, 0.05) is 15.8 Å². The highest BCUT2D eigenvalue weighted by molar-refractivity contribution is 7.11. The van der Waals surface area contributed by atoms with Gasteiger partial charge in [0.05, 0.1) is 0 Å². The van der Waals surface area contributed by atoms with Crippen LogP contribution in [0.1, 0.15) is 57.2 Å². The predicted octanol–water partition coefficient (Wildman–Crippen LogP) is 4.66. The van der Waals surface area contributed by atoms with E-state index in [1.807, 2.05) is 11.3 Å². The van der Waals surface area contributed by atoms with Gasteiger partial charge in [-0.3, -0.25) is 0 Å². The van der Waals surface area contributed by atoms with E-state index in [9.17, 15) is 0 Å². The van der Waals surface area contributed by atoms with Crippen molar-refractivity contribution in [3.05, 3.63) is 21.9 Å². The average molecular weight is 267 g/mol. The van der Waals surface area contributed by atoms with E-state index in [2.05, 4.69) is 52.1 Å². The molecule has 0 aliphatic heterocycles. The summed E-state index contributed by atoms with van der Waals surface area (Å²) < 4.78 is 0. The van der Waals surface area contributed by atoms with Gasteiger partial charge in [-0.25, -0.2) is 0 Å². The first kappa shape index (κ1) is 15.7. The largest absolute Gasteiger partial charge is 0.314 e. The Morgan fingerprint density at radius 3 is 2.44 bits per heavy atom. The molecule has 1 N–H and O–H groups in total. The Hall–Kier alpha value is -0.340. The Morgan fingerprint density at radius 2 is 1.89 bits per heavy atom. The van der Waals surface area contributed by atoms with Gasteiger partial charge in [0.25, 0.3) is 0 Å². The van der Waals surface area contributed by atoms with Crippen LogP contribution in [0.4, 0.5) is 0 Å². The standard InChI is InChI=1S/C16H29NS/c1-6-10-17-13(3)11-16(4,5)12-15-9-8-14(7-2)18-15/h8-9,13,17H,6-7,10-12H2,1-5H3. The van der Waals surface area contributed by atoms with Crippen molar-refractivity contribution in [1.29, 1.82) is 0 Å². The SMILES string of the molecule is CCCNC(C)CC(C)(C)Cc1ccc(CC)s1. The number of hydrogen-bond acceptors (Lipinski definition) is 2. The normalized spacial score (nSPS) is 13.8. The lowest BCUT2D eigenvalue weighted by Gasteiger charge is -2.28. The summed E-state index contributed by atoms with van der Waals surface area (Å²) >= 11 is 1.98. The van der Waals surface area contributed by atoms with Crippen molar-refractivity contribution in [2.45, 2.75) is 66.3 Å². The molecular formula is C16H29NS. The molecule has 1 atom stereocenters. The van der Waals surface area contributed by atoms with Crippen LogP contribution >= 0.6 is 11.3 Å². The molecule has 0 spiro atoms. The summed E-state index contributed by atoms with van der Waals surface area (Å²) in [5, 5.41) is 3.59. The van der Waals surface area contributed by atoms with Gasteiger partial charge in [0.1, 0.15) is 0 Å². The molecule has 0 saturated heterocycles. The first-order valence-electron chi connectivity index (χ1n) is 7.28. The second kappa shape index (κ2) is 7.30. The van der Waals surface area contributed by atoms with Crippen molar-refractivity contribution < 1.29 is 0 Å². The lowest BCUT2D eigenvalue weighted by Crippen LogP contribution is -2.32. The first-order valence-corrected chi connectivity index (χ1v) is 8.09. The second-order valence-corrected chi connectivity index (χ2v) is 7.37. The van der Waals surface area contributed by atoms with Crippen LogP contribution in [-0.4, -0.2) is 12.6 Å². The molecule has 1 rings (SSSR count). The number of aryl methyl sites for hydroxylation is 1. The molecule has 0 bridgehead atoms. The Labute approximate surface area is 117 Å². The van der Waals surface area contributed by atoms with Crippen LogP contribution in [0.3, 0.4) is 0 Å². The van der Waals surface area contributed by atoms with Gasteiger partial charge in [0.2, 0.25) is 0 Å². The summed E-state index contributed by atoms with van der Waals surface area (Å²) in [6.07, 6.45) is 4.83. The van der Waals surface area contributed by atoms with E-state index in [4.69, 9.17) is 0 Å². The zero-order valence-corrected chi connectivity index (χ0v) is 13.5. The van der Waals surface area contributed by atoms with Crippen LogP contribution in [-0.2, 0) is 12.8 Å². The minimum Gasteiger partial charge on any atom is -0.314 e. The maximum Gasteiger partial charge on any atom is 0.00534 e. The molecule has 18 heavy (non-hydrogen) atoms. The topological polar surface area (TPSA) is 12.0 Å². The zero-order valence-electron chi connectivity index (χ0n) is 12.7. The van der Waals surface area contributed by atoms with Crippen LogP contribution in [0.5, 0.6) is 0 Å². The van der Waals surface area contributed by atoms with Crippen LogP contribution in [0.2, 0.25) is 0 Å². The molecule has 0 fully saturated rings. The summed E-state index contributed by atoms with van der Waals surface area (Å²) in [5.74, 6) is 0. The lowest BCUT2D eigenvalue weighted by atomic mass is 9.82. The molecule has 2 heteroatoms. The molecule has 0 saturated carbocycles. The molecular weight excluding hydrogens is 238 g/mol. The number of hydrogen-bond donors (Lipinski definition) is 1. The monoisotopic (exact) mass is 267 g/mol. The van der Waals surface area contributed by atoms with Gasteiger partial charge in [-0.2, -0.15) is 0 Å². The molecule has 0 aliphatic rings. The van der Waals surface area contributed by atoms with Crippen molar-refractivity contribution in [3.63, 3.8) is 0 Å².